The van der Waals surface area contributed by atoms with E-state index in [4.69, 9.17) is 18.9 Å². The van der Waals surface area contributed by atoms with Crippen molar-refractivity contribution in [1.82, 2.24) is 0 Å². The molecule has 11 nitrogen and oxygen atoms in total. The van der Waals surface area contributed by atoms with E-state index < -0.39 is 74.6 Å². The van der Waals surface area contributed by atoms with Crippen LogP contribution in [0.25, 0.3) is 0 Å². The monoisotopic (exact) mass is 426 g/mol. The number of hydrogen-bond donors (Lipinski definition) is 7. The van der Waals surface area contributed by atoms with E-state index in [-0.39, 0.29) is 0 Å². The van der Waals surface area contributed by atoms with Crippen molar-refractivity contribution >= 4 is 0 Å². The lowest BCUT2D eigenvalue weighted by atomic mass is 9.97. The van der Waals surface area contributed by atoms with E-state index in [0.717, 1.165) is 25.7 Å². The molecule has 2 aliphatic rings. The van der Waals surface area contributed by atoms with Crippen molar-refractivity contribution in [3.8, 4) is 0 Å². The highest BCUT2D eigenvalue weighted by molar-refractivity contribution is 4.94. The SMILES string of the molecule is CCCCCCO[C@@H]1O[C@H](CO)C(O[C@H]2O[C@H](CO)[C@@H](O)[C@H](O)[C@H]2O)[C@H](O)[C@H]1O. The van der Waals surface area contributed by atoms with Gasteiger partial charge < -0.3 is 54.7 Å². The summed E-state index contributed by atoms with van der Waals surface area (Å²) >= 11 is 0. The van der Waals surface area contributed by atoms with Crippen molar-refractivity contribution < 1.29 is 54.7 Å². The Morgan fingerprint density at radius 1 is 0.690 bits per heavy atom. The van der Waals surface area contributed by atoms with Gasteiger partial charge in [-0.1, -0.05) is 26.2 Å². The van der Waals surface area contributed by atoms with Crippen LogP contribution in [0.1, 0.15) is 32.6 Å². The summed E-state index contributed by atoms with van der Waals surface area (Å²) in [6, 6.07) is 0. The fraction of sp³-hybridized carbons (Fsp3) is 1.00. The van der Waals surface area contributed by atoms with E-state index in [1.807, 2.05) is 0 Å². The lowest BCUT2D eigenvalue weighted by molar-refractivity contribution is -0.359. The van der Waals surface area contributed by atoms with Crippen LogP contribution in [-0.4, -0.2) is 117 Å². The largest absolute Gasteiger partial charge is 0.394 e. The highest BCUT2D eigenvalue weighted by atomic mass is 16.7. The van der Waals surface area contributed by atoms with Crippen LogP contribution in [0.15, 0.2) is 0 Å². The van der Waals surface area contributed by atoms with Gasteiger partial charge in [-0.3, -0.25) is 0 Å². The van der Waals surface area contributed by atoms with Crippen molar-refractivity contribution in [1.29, 1.82) is 0 Å². The van der Waals surface area contributed by atoms with E-state index in [0.29, 0.717) is 6.61 Å². The third-order valence-electron chi connectivity index (χ3n) is 5.24. The molecule has 172 valence electrons. The standard InChI is InChI=1S/C18H34O11/c1-2-3-4-5-6-26-17-15(25)13(23)16(10(8-20)28-17)29-18-14(24)12(22)11(21)9(7-19)27-18/h9-25H,2-8H2,1H3/t9-,10-,11-,12+,13-,14-,15-,16?,17-,18-/m1/s1. The molecule has 0 saturated carbocycles. The summed E-state index contributed by atoms with van der Waals surface area (Å²) < 4.78 is 21.7. The molecule has 0 spiro atoms. The molecule has 0 aromatic heterocycles. The average Bonchev–Trinajstić information content (AvgIpc) is 2.72. The molecule has 0 aliphatic carbocycles. The van der Waals surface area contributed by atoms with Gasteiger partial charge in [-0.05, 0) is 6.42 Å². The van der Waals surface area contributed by atoms with Crippen LogP contribution in [-0.2, 0) is 18.9 Å². The second kappa shape index (κ2) is 11.8. The van der Waals surface area contributed by atoms with Crippen molar-refractivity contribution in [2.24, 2.45) is 0 Å². The van der Waals surface area contributed by atoms with Crippen LogP contribution in [0.4, 0.5) is 0 Å². The molecular formula is C18H34O11. The first kappa shape index (κ1) is 24.8. The molecule has 2 aliphatic heterocycles. The molecule has 7 N–H and O–H groups in total. The van der Waals surface area contributed by atoms with Crippen molar-refractivity contribution in [3.05, 3.63) is 0 Å². The Hall–Kier alpha value is -0.440. The summed E-state index contributed by atoms with van der Waals surface area (Å²) in [5, 5.41) is 69.4. The van der Waals surface area contributed by atoms with Gasteiger partial charge >= 0.3 is 0 Å². The van der Waals surface area contributed by atoms with Gasteiger partial charge in [0.15, 0.2) is 12.6 Å². The Morgan fingerprint density at radius 3 is 1.93 bits per heavy atom. The molecule has 0 bridgehead atoms. The van der Waals surface area contributed by atoms with Gasteiger partial charge in [0.05, 0.1) is 13.2 Å². The Labute approximate surface area is 169 Å². The van der Waals surface area contributed by atoms with Crippen molar-refractivity contribution in [2.75, 3.05) is 19.8 Å². The minimum absolute atomic E-state index is 0.310. The summed E-state index contributed by atoms with van der Waals surface area (Å²) in [5.74, 6) is 0. The number of rotatable bonds is 10. The highest BCUT2D eigenvalue weighted by Gasteiger charge is 2.50. The van der Waals surface area contributed by atoms with E-state index in [1.165, 1.54) is 0 Å². The molecule has 2 fully saturated rings. The van der Waals surface area contributed by atoms with Crippen LogP contribution in [0, 0.1) is 0 Å². The van der Waals surface area contributed by atoms with Crippen LogP contribution >= 0.6 is 0 Å². The first-order valence-corrected chi connectivity index (χ1v) is 10.1. The predicted molar refractivity (Wildman–Crippen MR) is 96.5 cm³/mol. The number of unbranched alkanes of at least 4 members (excludes halogenated alkanes) is 3. The Bertz CT molecular complexity index is 463. The molecule has 0 radical (unpaired) electrons. The lowest BCUT2D eigenvalue weighted by Gasteiger charge is -2.45. The van der Waals surface area contributed by atoms with E-state index in [1.54, 1.807) is 0 Å². The zero-order chi connectivity index (χ0) is 21.6. The molecule has 11 heteroatoms. The normalized spacial score (nSPS) is 43.4. The van der Waals surface area contributed by atoms with Crippen LogP contribution in [0.5, 0.6) is 0 Å². The predicted octanol–water partition coefficient (Wildman–Crippen LogP) is -2.79. The molecule has 0 aromatic carbocycles. The molecule has 2 rings (SSSR count). The minimum atomic E-state index is -1.69. The second-order valence-corrected chi connectivity index (χ2v) is 7.44. The van der Waals surface area contributed by atoms with Crippen LogP contribution < -0.4 is 0 Å². The van der Waals surface area contributed by atoms with Crippen molar-refractivity contribution in [2.45, 2.75) is 94.0 Å². The number of aliphatic hydroxyl groups is 7. The smallest absolute Gasteiger partial charge is 0.187 e. The summed E-state index contributed by atoms with van der Waals surface area (Å²) in [4.78, 5) is 0. The first-order valence-electron chi connectivity index (χ1n) is 10.1. The Kier molecular flexibility index (Phi) is 10.1. The van der Waals surface area contributed by atoms with Crippen LogP contribution in [0.2, 0.25) is 0 Å². The second-order valence-electron chi connectivity index (χ2n) is 7.44. The summed E-state index contributed by atoms with van der Waals surface area (Å²) in [6.07, 6.45) is -10.5. The van der Waals surface area contributed by atoms with E-state index >= 15 is 0 Å². The third kappa shape index (κ3) is 6.05. The quantitative estimate of drug-likeness (QED) is 0.180. The fourth-order valence-electron chi connectivity index (χ4n) is 3.42. The maximum Gasteiger partial charge on any atom is 0.187 e. The topological polar surface area (TPSA) is 179 Å². The maximum atomic E-state index is 10.5. The highest BCUT2D eigenvalue weighted by Crippen LogP contribution is 2.29. The molecule has 0 amide bonds. The van der Waals surface area contributed by atoms with Gasteiger partial charge in [0.1, 0.15) is 48.8 Å². The van der Waals surface area contributed by atoms with E-state index in [9.17, 15) is 35.7 Å². The maximum absolute atomic E-state index is 10.5. The first-order chi connectivity index (χ1) is 13.8. The Balaban J connectivity index is 1.98. The zero-order valence-electron chi connectivity index (χ0n) is 16.5. The summed E-state index contributed by atoms with van der Waals surface area (Å²) in [7, 11) is 0. The minimum Gasteiger partial charge on any atom is -0.394 e. The van der Waals surface area contributed by atoms with Crippen molar-refractivity contribution in [3.63, 3.8) is 0 Å². The van der Waals surface area contributed by atoms with E-state index in [2.05, 4.69) is 6.92 Å². The zero-order valence-corrected chi connectivity index (χ0v) is 16.5. The van der Waals surface area contributed by atoms with Gasteiger partial charge in [-0.15, -0.1) is 0 Å². The molecule has 0 aromatic rings. The summed E-state index contributed by atoms with van der Waals surface area (Å²) in [6.45, 7) is 1.16. The fourth-order valence-corrected chi connectivity index (χ4v) is 3.42. The molecule has 2 saturated heterocycles. The number of ether oxygens (including phenoxy) is 4. The van der Waals surface area contributed by atoms with Gasteiger partial charge in [-0.25, -0.2) is 0 Å². The molecular weight excluding hydrogens is 392 g/mol. The molecule has 29 heavy (non-hydrogen) atoms. The lowest BCUT2D eigenvalue weighted by Crippen LogP contribution is -2.64. The average molecular weight is 426 g/mol. The molecule has 10 atom stereocenters. The van der Waals surface area contributed by atoms with Gasteiger partial charge in [0, 0.05) is 6.61 Å². The third-order valence-corrected chi connectivity index (χ3v) is 5.24. The molecule has 2 heterocycles. The summed E-state index contributed by atoms with van der Waals surface area (Å²) in [5.41, 5.74) is 0. The van der Waals surface area contributed by atoms with Gasteiger partial charge in [-0.2, -0.15) is 0 Å². The number of hydrogen-bond acceptors (Lipinski definition) is 11. The van der Waals surface area contributed by atoms with Gasteiger partial charge in [0.25, 0.3) is 0 Å². The Morgan fingerprint density at radius 2 is 1.31 bits per heavy atom. The number of aliphatic hydroxyl groups excluding tert-OH is 7. The van der Waals surface area contributed by atoms with Gasteiger partial charge in [0.2, 0.25) is 0 Å². The molecule has 1 unspecified atom stereocenters. The van der Waals surface area contributed by atoms with Crippen LogP contribution in [0.3, 0.4) is 0 Å².